The number of alkyl halides is 3. The summed E-state index contributed by atoms with van der Waals surface area (Å²) in [4.78, 5) is 16.1. The molecule has 0 saturated carbocycles. The van der Waals surface area contributed by atoms with Crippen LogP contribution in [0.25, 0.3) is 0 Å². The maximum Gasteiger partial charge on any atom is 0.573 e. The van der Waals surface area contributed by atoms with Gasteiger partial charge in [-0.1, -0.05) is 6.07 Å². The number of ketones is 1. The Bertz CT molecular complexity index is 624. The van der Waals surface area contributed by atoms with Crippen molar-refractivity contribution in [3.8, 4) is 5.75 Å². The third-order valence-electron chi connectivity index (χ3n) is 2.57. The van der Waals surface area contributed by atoms with E-state index in [0.717, 1.165) is 6.07 Å². The molecule has 1 aromatic carbocycles. The van der Waals surface area contributed by atoms with Crippen LogP contribution in [-0.4, -0.2) is 17.1 Å². The van der Waals surface area contributed by atoms with Gasteiger partial charge >= 0.3 is 6.36 Å². The number of nitrogens with zero attached hydrogens (tertiary/aromatic N) is 1. The molecule has 0 aliphatic heterocycles. The van der Waals surface area contributed by atoms with Crippen LogP contribution in [0.5, 0.6) is 5.75 Å². The molecule has 6 heteroatoms. The number of pyridine rings is 1. The van der Waals surface area contributed by atoms with Crippen molar-refractivity contribution in [2.45, 2.75) is 13.3 Å². The molecule has 0 fully saturated rings. The molecular formula is C14H10F3NO2. The lowest BCUT2D eigenvalue weighted by Crippen LogP contribution is -2.17. The summed E-state index contributed by atoms with van der Waals surface area (Å²) in [5.74, 6) is -0.700. The largest absolute Gasteiger partial charge is 0.573 e. The van der Waals surface area contributed by atoms with Gasteiger partial charge in [-0.2, -0.15) is 0 Å². The molecule has 0 aliphatic carbocycles. The average molecular weight is 281 g/mol. The monoisotopic (exact) mass is 281 g/mol. The van der Waals surface area contributed by atoms with Crippen molar-refractivity contribution < 1.29 is 22.7 Å². The SMILES string of the molecule is Cc1cc(OC(F)(F)F)ccc1C(=O)c1ccccn1. The van der Waals surface area contributed by atoms with Crippen molar-refractivity contribution in [3.05, 3.63) is 59.4 Å². The zero-order valence-electron chi connectivity index (χ0n) is 10.4. The van der Waals surface area contributed by atoms with Crippen molar-refractivity contribution in [3.63, 3.8) is 0 Å². The summed E-state index contributed by atoms with van der Waals surface area (Å²) in [7, 11) is 0. The number of carbonyl (C=O) groups is 1. The van der Waals surface area contributed by atoms with E-state index in [9.17, 15) is 18.0 Å². The Kier molecular flexibility index (Phi) is 3.74. The first-order valence-corrected chi connectivity index (χ1v) is 5.69. The van der Waals surface area contributed by atoms with Crippen LogP contribution in [-0.2, 0) is 0 Å². The van der Waals surface area contributed by atoms with Gasteiger partial charge in [-0.25, -0.2) is 0 Å². The maximum absolute atomic E-state index is 12.1. The summed E-state index contributed by atoms with van der Waals surface area (Å²) in [6.45, 7) is 1.54. The Hall–Kier alpha value is -2.37. The van der Waals surface area contributed by atoms with Gasteiger partial charge in [0, 0.05) is 11.8 Å². The molecule has 0 N–H and O–H groups in total. The van der Waals surface area contributed by atoms with E-state index in [2.05, 4.69) is 9.72 Å². The molecule has 20 heavy (non-hydrogen) atoms. The van der Waals surface area contributed by atoms with Crippen LogP contribution in [0.15, 0.2) is 42.6 Å². The molecular weight excluding hydrogens is 271 g/mol. The molecule has 0 amide bonds. The summed E-state index contributed by atoms with van der Waals surface area (Å²) in [6, 6.07) is 8.45. The van der Waals surface area contributed by atoms with Crippen LogP contribution in [0, 0.1) is 6.92 Å². The third-order valence-corrected chi connectivity index (χ3v) is 2.57. The first-order chi connectivity index (χ1) is 9.37. The summed E-state index contributed by atoms with van der Waals surface area (Å²) < 4.78 is 40.1. The predicted octanol–water partition coefficient (Wildman–Crippen LogP) is 3.52. The second-order valence-corrected chi connectivity index (χ2v) is 4.07. The first-order valence-electron chi connectivity index (χ1n) is 5.69. The molecule has 1 aromatic heterocycles. The molecule has 0 radical (unpaired) electrons. The number of benzene rings is 1. The number of rotatable bonds is 3. The zero-order valence-corrected chi connectivity index (χ0v) is 10.4. The lowest BCUT2D eigenvalue weighted by atomic mass is 10.0. The fraction of sp³-hybridized carbons (Fsp3) is 0.143. The Morgan fingerprint density at radius 1 is 1.20 bits per heavy atom. The summed E-state index contributed by atoms with van der Waals surface area (Å²) in [5.41, 5.74) is 0.917. The van der Waals surface area contributed by atoms with Crippen molar-refractivity contribution in [2.24, 2.45) is 0 Å². The Labute approximate surface area is 113 Å². The molecule has 0 aliphatic rings. The van der Waals surface area contributed by atoms with E-state index in [0.29, 0.717) is 11.1 Å². The lowest BCUT2D eigenvalue weighted by Gasteiger charge is -2.11. The topological polar surface area (TPSA) is 39.2 Å². The number of aromatic nitrogens is 1. The van der Waals surface area contributed by atoms with Crippen LogP contribution >= 0.6 is 0 Å². The highest BCUT2D eigenvalue weighted by atomic mass is 19.4. The number of carbonyl (C=O) groups excluding carboxylic acids is 1. The molecule has 0 unspecified atom stereocenters. The Balaban J connectivity index is 2.29. The number of aryl methyl sites for hydroxylation is 1. The summed E-state index contributed by atoms with van der Waals surface area (Å²) in [6.07, 6.45) is -3.28. The normalized spacial score (nSPS) is 11.2. The number of halogens is 3. The number of ether oxygens (including phenoxy) is 1. The number of hydrogen-bond acceptors (Lipinski definition) is 3. The zero-order chi connectivity index (χ0) is 14.8. The lowest BCUT2D eigenvalue weighted by molar-refractivity contribution is -0.274. The van der Waals surface area contributed by atoms with Crippen molar-refractivity contribution in [1.82, 2.24) is 4.98 Å². The van der Waals surface area contributed by atoms with Gasteiger partial charge in [0.1, 0.15) is 11.4 Å². The van der Waals surface area contributed by atoms with E-state index < -0.39 is 6.36 Å². The van der Waals surface area contributed by atoms with Crippen LogP contribution < -0.4 is 4.74 Å². The van der Waals surface area contributed by atoms with Gasteiger partial charge in [0.05, 0.1) is 0 Å². The van der Waals surface area contributed by atoms with E-state index in [1.807, 2.05) is 0 Å². The van der Waals surface area contributed by atoms with E-state index in [1.165, 1.54) is 18.3 Å². The van der Waals surface area contributed by atoms with Crippen LogP contribution in [0.1, 0.15) is 21.6 Å². The standard InChI is InChI=1S/C14H10F3NO2/c1-9-8-10(20-14(15,16)17)5-6-11(9)13(19)12-4-2-3-7-18-12/h2-8H,1H3. The molecule has 104 valence electrons. The van der Waals surface area contributed by atoms with Crippen LogP contribution in [0.4, 0.5) is 13.2 Å². The molecule has 0 bridgehead atoms. The predicted molar refractivity (Wildman–Crippen MR) is 65.5 cm³/mol. The van der Waals surface area contributed by atoms with Gasteiger partial charge < -0.3 is 4.74 Å². The highest BCUT2D eigenvalue weighted by molar-refractivity contribution is 6.08. The Morgan fingerprint density at radius 2 is 1.95 bits per heavy atom. The highest BCUT2D eigenvalue weighted by Gasteiger charge is 2.31. The molecule has 0 spiro atoms. The minimum absolute atomic E-state index is 0.236. The van der Waals surface area contributed by atoms with Gasteiger partial charge in [-0.05, 0) is 42.8 Å². The van der Waals surface area contributed by atoms with E-state index in [4.69, 9.17) is 0 Å². The summed E-state index contributed by atoms with van der Waals surface area (Å²) in [5, 5.41) is 0. The van der Waals surface area contributed by atoms with Crippen molar-refractivity contribution in [1.29, 1.82) is 0 Å². The fourth-order valence-electron chi connectivity index (χ4n) is 1.72. The van der Waals surface area contributed by atoms with Crippen LogP contribution in [0.2, 0.25) is 0 Å². The van der Waals surface area contributed by atoms with Gasteiger partial charge in [-0.15, -0.1) is 13.2 Å². The highest BCUT2D eigenvalue weighted by Crippen LogP contribution is 2.25. The maximum atomic E-state index is 12.1. The molecule has 0 atom stereocenters. The van der Waals surface area contributed by atoms with Gasteiger partial charge in [0.25, 0.3) is 0 Å². The Morgan fingerprint density at radius 3 is 2.50 bits per heavy atom. The number of hydrogen-bond donors (Lipinski definition) is 0. The molecule has 1 heterocycles. The van der Waals surface area contributed by atoms with Gasteiger partial charge in [0.15, 0.2) is 0 Å². The van der Waals surface area contributed by atoms with Crippen molar-refractivity contribution >= 4 is 5.78 Å². The van der Waals surface area contributed by atoms with Gasteiger partial charge in [0.2, 0.25) is 5.78 Å². The average Bonchev–Trinajstić information content (AvgIpc) is 2.37. The quantitative estimate of drug-likeness (QED) is 0.808. The molecule has 0 saturated heterocycles. The smallest absolute Gasteiger partial charge is 0.406 e. The second kappa shape index (κ2) is 5.32. The summed E-state index contributed by atoms with van der Waals surface area (Å²) >= 11 is 0. The fourth-order valence-corrected chi connectivity index (χ4v) is 1.72. The first kappa shape index (κ1) is 14.0. The van der Waals surface area contributed by atoms with Crippen molar-refractivity contribution in [2.75, 3.05) is 0 Å². The minimum Gasteiger partial charge on any atom is -0.406 e. The third kappa shape index (κ3) is 3.34. The van der Waals surface area contributed by atoms with E-state index >= 15 is 0 Å². The molecule has 2 aromatic rings. The molecule has 2 rings (SSSR count). The molecule has 3 nitrogen and oxygen atoms in total. The second-order valence-electron chi connectivity index (χ2n) is 4.07. The van der Waals surface area contributed by atoms with E-state index in [-0.39, 0.29) is 17.2 Å². The van der Waals surface area contributed by atoms with Gasteiger partial charge in [-0.3, -0.25) is 9.78 Å². The van der Waals surface area contributed by atoms with Crippen LogP contribution in [0.3, 0.4) is 0 Å². The minimum atomic E-state index is -4.75. The van der Waals surface area contributed by atoms with E-state index in [1.54, 1.807) is 25.1 Å².